The van der Waals surface area contributed by atoms with Crippen LogP contribution in [-0.4, -0.2) is 29.8 Å². The topological polar surface area (TPSA) is 20.3 Å². The van der Waals surface area contributed by atoms with Crippen LogP contribution in [0.1, 0.15) is 47.7 Å². The molecule has 1 fully saturated rings. The molecule has 0 bridgehead atoms. The Balaban J connectivity index is 1.76. The van der Waals surface area contributed by atoms with E-state index in [1.165, 1.54) is 49.9 Å². The maximum Gasteiger partial charge on any atom is 0.159 e. The Bertz CT molecular complexity index is 460. The highest BCUT2D eigenvalue weighted by Crippen LogP contribution is 2.28. The second kappa shape index (κ2) is 4.85. The molecule has 1 aromatic carbocycles. The molecule has 1 aliphatic heterocycles. The molecule has 1 atom stereocenters. The third-order valence-corrected chi connectivity index (χ3v) is 4.43. The van der Waals surface area contributed by atoms with E-state index in [1.807, 2.05) is 6.07 Å². The molecule has 2 heteroatoms. The van der Waals surface area contributed by atoms with Gasteiger partial charge in [-0.15, -0.1) is 0 Å². The van der Waals surface area contributed by atoms with E-state index in [-0.39, 0.29) is 5.78 Å². The molecule has 0 amide bonds. The molecule has 2 aliphatic rings. The Morgan fingerprint density at radius 2 is 1.83 bits per heavy atom. The van der Waals surface area contributed by atoms with E-state index in [2.05, 4.69) is 17.0 Å². The zero-order chi connectivity index (χ0) is 12.5. The summed E-state index contributed by atoms with van der Waals surface area (Å²) in [6, 6.07) is 6.94. The first kappa shape index (κ1) is 11.9. The van der Waals surface area contributed by atoms with Crippen molar-refractivity contribution in [1.82, 2.24) is 4.90 Å². The highest BCUT2D eigenvalue weighted by atomic mass is 16.1. The highest BCUT2D eigenvalue weighted by molar-refractivity contribution is 5.94. The van der Waals surface area contributed by atoms with Crippen LogP contribution in [0.15, 0.2) is 18.2 Å². The molecule has 1 aromatic rings. The van der Waals surface area contributed by atoms with Gasteiger partial charge in [0.15, 0.2) is 5.78 Å². The minimum Gasteiger partial charge on any atom is -0.300 e. The summed E-state index contributed by atoms with van der Waals surface area (Å²) in [4.78, 5) is 14.1. The quantitative estimate of drug-likeness (QED) is 0.744. The van der Waals surface area contributed by atoms with E-state index >= 15 is 0 Å². The van der Waals surface area contributed by atoms with Gasteiger partial charge in [0.25, 0.3) is 0 Å². The Morgan fingerprint density at radius 1 is 1.11 bits per heavy atom. The van der Waals surface area contributed by atoms with Crippen LogP contribution in [0.2, 0.25) is 0 Å². The molecular weight excluding hydrogens is 222 g/mol. The number of carbonyl (C=O) groups is 1. The van der Waals surface area contributed by atoms with Gasteiger partial charge in [-0.25, -0.2) is 0 Å². The SMILES string of the molecule is CC(=O)c1ccc2c(c1)C[C@@H](N1CCCCC1)C2. The lowest BCUT2D eigenvalue weighted by Gasteiger charge is -2.32. The third-order valence-electron chi connectivity index (χ3n) is 4.43. The molecule has 0 aromatic heterocycles. The summed E-state index contributed by atoms with van der Waals surface area (Å²) in [6.45, 7) is 4.18. The first-order valence-corrected chi connectivity index (χ1v) is 7.11. The molecular formula is C16H21NO. The number of ketones is 1. The third kappa shape index (κ3) is 2.22. The fourth-order valence-corrected chi connectivity index (χ4v) is 3.36. The number of Topliss-reactive ketones (excluding diaryl/α,β-unsaturated/α-hetero) is 1. The number of likely N-dealkylation sites (tertiary alicyclic amines) is 1. The number of fused-ring (bicyclic) bond motifs is 1. The summed E-state index contributed by atoms with van der Waals surface area (Å²) in [6.07, 6.45) is 6.41. The fourth-order valence-electron chi connectivity index (χ4n) is 3.36. The maximum atomic E-state index is 11.4. The fraction of sp³-hybridized carbons (Fsp3) is 0.562. The molecule has 0 radical (unpaired) electrons. The zero-order valence-corrected chi connectivity index (χ0v) is 11.1. The van der Waals surface area contributed by atoms with Gasteiger partial charge >= 0.3 is 0 Å². The van der Waals surface area contributed by atoms with Crippen molar-refractivity contribution >= 4 is 5.78 Å². The van der Waals surface area contributed by atoms with Crippen molar-refractivity contribution in [1.29, 1.82) is 0 Å². The summed E-state index contributed by atoms with van der Waals surface area (Å²) in [5.41, 5.74) is 3.72. The number of piperidine rings is 1. The number of rotatable bonds is 2. The average Bonchev–Trinajstić information content (AvgIpc) is 2.82. The van der Waals surface area contributed by atoms with Crippen molar-refractivity contribution in [2.45, 2.75) is 45.1 Å². The van der Waals surface area contributed by atoms with Crippen molar-refractivity contribution < 1.29 is 4.79 Å². The summed E-state index contributed by atoms with van der Waals surface area (Å²) < 4.78 is 0. The molecule has 1 aliphatic carbocycles. The van der Waals surface area contributed by atoms with Crippen LogP contribution in [0.3, 0.4) is 0 Å². The Labute approximate surface area is 109 Å². The lowest BCUT2D eigenvalue weighted by Crippen LogP contribution is -2.39. The Hall–Kier alpha value is -1.15. The Kier molecular flexibility index (Phi) is 3.21. The molecule has 3 rings (SSSR count). The molecule has 96 valence electrons. The van der Waals surface area contributed by atoms with Crippen molar-refractivity contribution in [3.8, 4) is 0 Å². The Morgan fingerprint density at radius 3 is 2.56 bits per heavy atom. The monoisotopic (exact) mass is 243 g/mol. The molecule has 1 saturated heterocycles. The maximum absolute atomic E-state index is 11.4. The predicted octanol–water partition coefficient (Wildman–Crippen LogP) is 2.84. The van der Waals surface area contributed by atoms with E-state index in [0.717, 1.165) is 12.0 Å². The van der Waals surface area contributed by atoms with Crippen LogP contribution in [0.4, 0.5) is 0 Å². The predicted molar refractivity (Wildman–Crippen MR) is 73.1 cm³/mol. The number of carbonyl (C=O) groups excluding carboxylic acids is 1. The van der Waals surface area contributed by atoms with Crippen LogP contribution >= 0.6 is 0 Å². The van der Waals surface area contributed by atoms with Crippen LogP contribution < -0.4 is 0 Å². The van der Waals surface area contributed by atoms with Crippen molar-refractivity contribution in [3.63, 3.8) is 0 Å². The first-order valence-electron chi connectivity index (χ1n) is 7.11. The molecule has 0 saturated carbocycles. The normalized spacial score (nSPS) is 23.9. The van der Waals surface area contributed by atoms with Crippen molar-refractivity contribution in [3.05, 3.63) is 34.9 Å². The second-order valence-electron chi connectivity index (χ2n) is 5.70. The van der Waals surface area contributed by atoms with Crippen LogP contribution in [0.25, 0.3) is 0 Å². The number of hydrogen-bond donors (Lipinski definition) is 0. The van der Waals surface area contributed by atoms with E-state index in [4.69, 9.17) is 0 Å². The molecule has 18 heavy (non-hydrogen) atoms. The molecule has 2 nitrogen and oxygen atoms in total. The minimum atomic E-state index is 0.180. The van der Waals surface area contributed by atoms with Gasteiger partial charge in [0, 0.05) is 11.6 Å². The standard InChI is InChI=1S/C16H21NO/c1-12(18)13-5-6-14-10-16(11-15(14)9-13)17-7-3-2-4-8-17/h5-6,9,16H,2-4,7-8,10-11H2,1H3/t16-/m0/s1. The molecule has 0 unspecified atom stereocenters. The van der Waals surface area contributed by atoms with Gasteiger partial charge in [0.05, 0.1) is 0 Å². The lowest BCUT2D eigenvalue weighted by atomic mass is 10.0. The van der Waals surface area contributed by atoms with Gasteiger partial charge in [-0.05, 0) is 62.9 Å². The number of hydrogen-bond acceptors (Lipinski definition) is 2. The summed E-state index contributed by atoms with van der Waals surface area (Å²) >= 11 is 0. The molecule has 1 heterocycles. The largest absolute Gasteiger partial charge is 0.300 e. The van der Waals surface area contributed by atoms with Gasteiger partial charge in [0.1, 0.15) is 0 Å². The van der Waals surface area contributed by atoms with Gasteiger partial charge in [0.2, 0.25) is 0 Å². The van der Waals surface area contributed by atoms with E-state index in [9.17, 15) is 4.79 Å². The van der Waals surface area contributed by atoms with Gasteiger partial charge < -0.3 is 0 Å². The lowest BCUT2D eigenvalue weighted by molar-refractivity contribution is 0.101. The minimum absolute atomic E-state index is 0.180. The van der Waals surface area contributed by atoms with Crippen LogP contribution in [0.5, 0.6) is 0 Å². The van der Waals surface area contributed by atoms with Gasteiger partial charge in [-0.2, -0.15) is 0 Å². The van der Waals surface area contributed by atoms with Gasteiger partial charge in [-0.3, -0.25) is 9.69 Å². The summed E-state index contributed by atoms with van der Waals surface area (Å²) in [5, 5.41) is 0. The van der Waals surface area contributed by atoms with Crippen LogP contribution in [0, 0.1) is 0 Å². The van der Waals surface area contributed by atoms with Crippen molar-refractivity contribution in [2.24, 2.45) is 0 Å². The summed E-state index contributed by atoms with van der Waals surface area (Å²) in [7, 11) is 0. The summed E-state index contributed by atoms with van der Waals surface area (Å²) in [5.74, 6) is 0.180. The molecule has 0 N–H and O–H groups in total. The van der Waals surface area contributed by atoms with Crippen LogP contribution in [-0.2, 0) is 12.8 Å². The first-order chi connectivity index (χ1) is 8.74. The average molecular weight is 243 g/mol. The smallest absolute Gasteiger partial charge is 0.159 e. The van der Waals surface area contributed by atoms with Gasteiger partial charge in [-0.1, -0.05) is 18.6 Å². The zero-order valence-electron chi connectivity index (χ0n) is 11.1. The number of nitrogens with zero attached hydrogens (tertiary/aromatic N) is 1. The highest BCUT2D eigenvalue weighted by Gasteiger charge is 2.27. The van der Waals surface area contributed by atoms with Crippen molar-refractivity contribution in [2.75, 3.05) is 13.1 Å². The van der Waals surface area contributed by atoms with E-state index < -0.39 is 0 Å². The molecule has 0 spiro atoms. The number of benzene rings is 1. The second-order valence-corrected chi connectivity index (χ2v) is 5.70. The van der Waals surface area contributed by atoms with E-state index in [0.29, 0.717) is 6.04 Å². The van der Waals surface area contributed by atoms with E-state index in [1.54, 1.807) is 6.92 Å².